The third-order valence-electron chi connectivity index (χ3n) is 4.38. The van der Waals surface area contributed by atoms with Gasteiger partial charge in [-0.1, -0.05) is 6.42 Å². The molecule has 0 fully saturated rings. The maximum absolute atomic E-state index is 10.2. The minimum absolute atomic E-state index is 0.310. The predicted molar refractivity (Wildman–Crippen MR) is 94.2 cm³/mol. The van der Waals surface area contributed by atoms with Crippen LogP contribution in [0.3, 0.4) is 0 Å². The van der Waals surface area contributed by atoms with Crippen LogP contribution in [0.2, 0.25) is 0 Å². The van der Waals surface area contributed by atoms with Gasteiger partial charge in [-0.15, -0.1) is 10.2 Å². The Kier molecular flexibility index (Phi) is 5.70. The van der Waals surface area contributed by atoms with Crippen molar-refractivity contribution in [1.82, 2.24) is 25.4 Å². The van der Waals surface area contributed by atoms with Crippen molar-refractivity contribution < 1.29 is 9.52 Å². The molecule has 3 rings (SSSR count). The third-order valence-corrected chi connectivity index (χ3v) is 4.38. The number of hydrogen-bond donors (Lipinski definition) is 3. The Morgan fingerprint density at radius 3 is 2.96 bits per heavy atom. The van der Waals surface area contributed by atoms with E-state index in [4.69, 9.17) is 4.42 Å². The summed E-state index contributed by atoms with van der Waals surface area (Å²) in [4.78, 5) is 4.18. The number of guanidine groups is 1. The van der Waals surface area contributed by atoms with Crippen molar-refractivity contribution in [3.63, 3.8) is 0 Å². The van der Waals surface area contributed by atoms with Crippen LogP contribution < -0.4 is 10.6 Å². The van der Waals surface area contributed by atoms with Crippen molar-refractivity contribution in [2.24, 2.45) is 4.99 Å². The van der Waals surface area contributed by atoms with Crippen LogP contribution in [-0.4, -0.2) is 39.4 Å². The van der Waals surface area contributed by atoms with Crippen molar-refractivity contribution in [2.75, 3.05) is 13.6 Å². The Balaban J connectivity index is 1.52. The fourth-order valence-corrected chi connectivity index (χ4v) is 2.99. The average Bonchev–Trinajstić information content (AvgIpc) is 3.14. The molecule has 0 spiro atoms. The molecular formula is C17H26N6O2. The summed E-state index contributed by atoms with van der Waals surface area (Å²) in [6.07, 6.45) is 3.86. The predicted octanol–water partition coefficient (Wildman–Crippen LogP) is 1.30. The summed E-state index contributed by atoms with van der Waals surface area (Å²) >= 11 is 0. The van der Waals surface area contributed by atoms with Crippen LogP contribution in [0.15, 0.2) is 21.5 Å². The van der Waals surface area contributed by atoms with Gasteiger partial charge in [-0.2, -0.15) is 0 Å². The van der Waals surface area contributed by atoms with Gasteiger partial charge in [-0.25, -0.2) is 0 Å². The van der Waals surface area contributed by atoms with E-state index in [0.717, 1.165) is 30.4 Å². The molecule has 2 aromatic rings. The molecular weight excluding hydrogens is 320 g/mol. The highest BCUT2D eigenvalue weighted by molar-refractivity contribution is 5.79. The Labute approximate surface area is 147 Å². The molecule has 0 saturated heterocycles. The van der Waals surface area contributed by atoms with Gasteiger partial charge in [0.05, 0.1) is 13.1 Å². The Hall–Kier alpha value is -2.35. The Morgan fingerprint density at radius 2 is 2.20 bits per heavy atom. The number of nitrogens with one attached hydrogen (secondary N) is 2. The van der Waals surface area contributed by atoms with E-state index >= 15 is 0 Å². The molecule has 0 aromatic carbocycles. The number of aliphatic hydroxyl groups is 1. The molecule has 1 aliphatic rings. The van der Waals surface area contributed by atoms with E-state index in [2.05, 4.69) is 30.4 Å². The van der Waals surface area contributed by atoms with Gasteiger partial charge in [0.1, 0.15) is 23.4 Å². The first-order valence-corrected chi connectivity index (χ1v) is 8.77. The number of furan rings is 1. The maximum atomic E-state index is 10.2. The minimum atomic E-state index is -0.725. The van der Waals surface area contributed by atoms with Crippen LogP contribution in [0, 0.1) is 6.92 Å². The second-order valence-corrected chi connectivity index (χ2v) is 6.27. The molecule has 0 bridgehead atoms. The first-order valence-electron chi connectivity index (χ1n) is 8.77. The molecule has 1 aliphatic heterocycles. The molecule has 3 heterocycles. The lowest BCUT2D eigenvalue weighted by Gasteiger charge is -2.14. The van der Waals surface area contributed by atoms with Gasteiger partial charge in [0.25, 0.3) is 0 Å². The van der Waals surface area contributed by atoms with Crippen LogP contribution in [-0.2, 0) is 19.5 Å². The van der Waals surface area contributed by atoms with Gasteiger partial charge < -0.3 is 24.7 Å². The first kappa shape index (κ1) is 17.5. The SMILES string of the molecule is CN=C(NCc1nnc2n1CCCCC2)NCC(O)c1ccc(C)o1. The van der Waals surface area contributed by atoms with Gasteiger partial charge in [0.15, 0.2) is 11.8 Å². The quantitative estimate of drug-likeness (QED) is 0.557. The van der Waals surface area contributed by atoms with Crippen molar-refractivity contribution in [3.8, 4) is 0 Å². The smallest absolute Gasteiger partial charge is 0.191 e. The lowest BCUT2D eigenvalue weighted by Crippen LogP contribution is -2.39. The molecule has 25 heavy (non-hydrogen) atoms. The summed E-state index contributed by atoms with van der Waals surface area (Å²) in [6.45, 7) is 3.68. The number of rotatable bonds is 5. The molecule has 0 radical (unpaired) electrons. The van der Waals surface area contributed by atoms with Gasteiger partial charge in [0.2, 0.25) is 0 Å². The van der Waals surface area contributed by atoms with Crippen LogP contribution >= 0.6 is 0 Å². The van der Waals surface area contributed by atoms with E-state index in [1.165, 1.54) is 19.3 Å². The monoisotopic (exact) mass is 346 g/mol. The van der Waals surface area contributed by atoms with Crippen molar-refractivity contribution in [2.45, 2.75) is 51.8 Å². The number of aryl methyl sites for hydroxylation is 2. The maximum Gasteiger partial charge on any atom is 0.191 e. The lowest BCUT2D eigenvalue weighted by molar-refractivity contribution is 0.151. The van der Waals surface area contributed by atoms with Crippen LogP contribution in [0.5, 0.6) is 0 Å². The Bertz CT molecular complexity index is 721. The molecule has 1 unspecified atom stereocenters. The number of aliphatic hydroxyl groups excluding tert-OH is 1. The number of hydrogen-bond acceptors (Lipinski definition) is 5. The highest BCUT2D eigenvalue weighted by Crippen LogP contribution is 2.15. The molecule has 8 heteroatoms. The van der Waals surface area contributed by atoms with E-state index in [0.29, 0.717) is 24.8 Å². The topological polar surface area (TPSA) is 100 Å². The van der Waals surface area contributed by atoms with Crippen LogP contribution in [0.4, 0.5) is 0 Å². The summed E-state index contributed by atoms with van der Waals surface area (Å²) < 4.78 is 7.63. The highest BCUT2D eigenvalue weighted by Gasteiger charge is 2.15. The zero-order valence-corrected chi connectivity index (χ0v) is 14.8. The lowest BCUT2D eigenvalue weighted by atomic mass is 10.2. The standard InChI is InChI=1S/C17H26N6O2/c1-12-7-8-14(25-12)13(24)10-19-17(18-2)20-11-16-22-21-15-6-4-3-5-9-23(15)16/h7-8,13,24H,3-6,9-11H2,1-2H3,(H2,18,19,20). The minimum Gasteiger partial charge on any atom is -0.464 e. The van der Waals surface area contributed by atoms with Crippen molar-refractivity contribution >= 4 is 5.96 Å². The zero-order valence-electron chi connectivity index (χ0n) is 14.8. The van der Waals surface area contributed by atoms with Crippen molar-refractivity contribution in [3.05, 3.63) is 35.3 Å². The first-order chi connectivity index (χ1) is 12.2. The molecule has 1 atom stereocenters. The van der Waals surface area contributed by atoms with Crippen molar-refractivity contribution in [1.29, 1.82) is 0 Å². The molecule has 136 valence electrons. The normalized spacial score (nSPS) is 16.2. The summed E-state index contributed by atoms with van der Waals surface area (Å²) in [5.41, 5.74) is 0. The van der Waals surface area contributed by atoms with E-state index < -0.39 is 6.10 Å². The molecule has 3 N–H and O–H groups in total. The van der Waals surface area contributed by atoms with E-state index in [-0.39, 0.29) is 0 Å². The number of fused-ring (bicyclic) bond motifs is 1. The molecule has 0 saturated carbocycles. The fraction of sp³-hybridized carbons (Fsp3) is 0.588. The number of aromatic nitrogens is 3. The van der Waals surface area contributed by atoms with E-state index in [9.17, 15) is 5.11 Å². The van der Waals surface area contributed by atoms with Crippen LogP contribution in [0.25, 0.3) is 0 Å². The fourth-order valence-electron chi connectivity index (χ4n) is 2.99. The summed E-state index contributed by atoms with van der Waals surface area (Å²) in [7, 11) is 1.70. The summed E-state index contributed by atoms with van der Waals surface area (Å²) in [6, 6.07) is 3.62. The average molecular weight is 346 g/mol. The third kappa shape index (κ3) is 4.39. The Morgan fingerprint density at radius 1 is 1.32 bits per heavy atom. The molecule has 0 aliphatic carbocycles. The second-order valence-electron chi connectivity index (χ2n) is 6.27. The number of aliphatic imine (C=N–C) groups is 1. The molecule has 0 amide bonds. The van der Waals surface area contributed by atoms with Gasteiger partial charge in [0, 0.05) is 20.0 Å². The van der Waals surface area contributed by atoms with Gasteiger partial charge >= 0.3 is 0 Å². The van der Waals surface area contributed by atoms with Crippen LogP contribution in [0.1, 0.15) is 48.5 Å². The van der Waals surface area contributed by atoms with Gasteiger partial charge in [-0.05, 0) is 31.9 Å². The second kappa shape index (κ2) is 8.15. The highest BCUT2D eigenvalue weighted by atomic mass is 16.4. The van der Waals surface area contributed by atoms with E-state index in [1.807, 2.05) is 13.0 Å². The summed E-state index contributed by atoms with van der Waals surface area (Å²) in [5, 5.41) is 25.1. The van der Waals surface area contributed by atoms with Gasteiger partial charge in [-0.3, -0.25) is 4.99 Å². The zero-order chi connectivity index (χ0) is 17.6. The number of nitrogens with zero attached hydrogens (tertiary/aromatic N) is 4. The largest absolute Gasteiger partial charge is 0.464 e. The molecule has 8 nitrogen and oxygen atoms in total. The molecule has 2 aromatic heterocycles. The summed E-state index contributed by atoms with van der Waals surface area (Å²) in [5.74, 6) is 3.92. The van der Waals surface area contributed by atoms with E-state index in [1.54, 1.807) is 13.1 Å².